The Hall–Kier alpha value is -3.30. The van der Waals surface area contributed by atoms with E-state index >= 15 is 0 Å². The van der Waals surface area contributed by atoms with E-state index in [0.29, 0.717) is 31.9 Å². The zero-order valence-corrected chi connectivity index (χ0v) is 15.3. The van der Waals surface area contributed by atoms with Crippen LogP contribution in [0, 0.1) is 10.1 Å². The first-order chi connectivity index (χ1) is 13.8. The van der Waals surface area contributed by atoms with Crippen molar-refractivity contribution in [3.05, 3.63) is 64.2 Å². The molecule has 0 spiro atoms. The highest BCUT2D eigenvalue weighted by Crippen LogP contribution is 2.30. The van der Waals surface area contributed by atoms with Gasteiger partial charge in [-0.05, 0) is 30.3 Å². The SMILES string of the molecule is O=C(COc1ccc(C(F)(F)F)cc1)N1CCN(c2ccccc2[N+](=O)[O-])CC1. The lowest BCUT2D eigenvalue weighted by molar-refractivity contribution is -0.384. The van der Waals surface area contributed by atoms with E-state index in [4.69, 9.17) is 4.74 Å². The Kier molecular flexibility index (Phi) is 5.90. The van der Waals surface area contributed by atoms with Gasteiger partial charge in [0.1, 0.15) is 11.4 Å². The number of carbonyl (C=O) groups excluding carboxylic acids is 1. The minimum atomic E-state index is -4.43. The largest absolute Gasteiger partial charge is 0.484 e. The van der Waals surface area contributed by atoms with E-state index in [-0.39, 0.29) is 24.0 Å². The predicted octanol–water partition coefficient (Wildman–Crippen LogP) is 3.34. The molecule has 1 saturated heterocycles. The first kappa shape index (κ1) is 20.4. The van der Waals surface area contributed by atoms with Crippen molar-refractivity contribution in [1.82, 2.24) is 4.90 Å². The summed E-state index contributed by atoms with van der Waals surface area (Å²) < 4.78 is 43.0. The molecule has 0 radical (unpaired) electrons. The first-order valence-corrected chi connectivity index (χ1v) is 8.82. The number of anilines is 1. The van der Waals surface area contributed by atoms with Crippen molar-refractivity contribution in [3.8, 4) is 5.75 Å². The van der Waals surface area contributed by atoms with Gasteiger partial charge in [0.05, 0.1) is 10.5 Å². The zero-order chi connectivity index (χ0) is 21.0. The Bertz CT molecular complexity index is 879. The summed E-state index contributed by atoms with van der Waals surface area (Å²) in [6.45, 7) is 1.28. The third kappa shape index (κ3) is 4.95. The number of benzene rings is 2. The molecule has 7 nitrogen and oxygen atoms in total. The highest BCUT2D eigenvalue weighted by molar-refractivity contribution is 5.78. The minimum absolute atomic E-state index is 0.0120. The Morgan fingerprint density at radius 1 is 1.03 bits per heavy atom. The number of carbonyl (C=O) groups is 1. The fraction of sp³-hybridized carbons (Fsp3) is 0.316. The van der Waals surface area contributed by atoms with Crippen LogP contribution in [0.2, 0.25) is 0 Å². The van der Waals surface area contributed by atoms with Gasteiger partial charge in [-0.25, -0.2) is 0 Å². The van der Waals surface area contributed by atoms with Crippen LogP contribution in [0.5, 0.6) is 5.75 Å². The molecular formula is C19H18F3N3O4. The highest BCUT2D eigenvalue weighted by atomic mass is 19.4. The van der Waals surface area contributed by atoms with Crippen molar-refractivity contribution in [2.45, 2.75) is 6.18 Å². The van der Waals surface area contributed by atoms with Crippen molar-refractivity contribution in [2.75, 3.05) is 37.7 Å². The number of para-hydroxylation sites is 2. The number of alkyl halides is 3. The monoisotopic (exact) mass is 409 g/mol. The molecule has 2 aromatic rings. The van der Waals surface area contributed by atoms with E-state index in [1.54, 1.807) is 23.1 Å². The van der Waals surface area contributed by atoms with Crippen molar-refractivity contribution in [3.63, 3.8) is 0 Å². The zero-order valence-electron chi connectivity index (χ0n) is 15.3. The second-order valence-electron chi connectivity index (χ2n) is 6.42. The maximum absolute atomic E-state index is 12.6. The Balaban J connectivity index is 1.52. The highest BCUT2D eigenvalue weighted by Gasteiger charge is 2.30. The molecule has 1 fully saturated rings. The number of amides is 1. The molecule has 10 heteroatoms. The van der Waals surface area contributed by atoms with Gasteiger partial charge in [0.25, 0.3) is 11.6 Å². The second-order valence-corrected chi connectivity index (χ2v) is 6.42. The van der Waals surface area contributed by atoms with E-state index < -0.39 is 16.7 Å². The molecule has 0 N–H and O–H groups in total. The minimum Gasteiger partial charge on any atom is -0.484 e. The molecule has 1 heterocycles. The van der Waals surface area contributed by atoms with Crippen LogP contribution in [0.15, 0.2) is 48.5 Å². The molecule has 1 aliphatic heterocycles. The maximum atomic E-state index is 12.6. The van der Waals surface area contributed by atoms with Crippen LogP contribution in [-0.2, 0) is 11.0 Å². The van der Waals surface area contributed by atoms with Crippen LogP contribution in [0.4, 0.5) is 24.5 Å². The average molecular weight is 409 g/mol. The normalized spacial score (nSPS) is 14.6. The number of halogens is 3. The summed E-state index contributed by atoms with van der Waals surface area (Å²) in [6.07, 6.45) is -4.43. The van der Waals surface area contributed by atoms with E-state index in [1.165, 1.54) is 18.2 Å². The topological polar surface area (TPSA) is 75.9 Å². The van der Waals surface area contributed by atoms with Gasteiger partial charge in [-0.1, -0.05) is 12.1 Å². The molecule has 0 bridgehead atoms. The summed E-state index contributed by atoms with van der Waals surface area (Å²) in [6, 6.07) is 10.5. The average Bonchev–Trinajstić information content (AvgIpc) is 2.71. The van der Waals surface area contributed by atoms with E-state index in [2.05, 4.69) is 0 Å². The standard InChI is InChI=1S/C19H18F3N3O4/c20-19(21,22)14-5-7-15(8-6-14)29-13-18(26)24-11-9-23(10-12-24)16-3-1-2-4-17(16)25(27)28/h1-8H,9-13H2. The smallest absolute Gasteiger partial charge is 0.416 e. The number of nitro groups is 1. The summed E-state index contributed by atoms with van der Waals surface area (Å²) >= 11 is 0. The van der Waals surface area contributed by atoms with Gasteiger partial charge < -0.3 is 14.5 Å². The Morgan fingerprint density at radius 3 is 2.24 bits per heavy atom. The van der Waals surface area contributed by atoms with Gasteiger partial charge in [0, 0.05) is 32.2 Å². The molecule has 0 aromatic heterocycles. The number of piperazine rings is 1. The van der Waals surface area contributed by atoms with Crippen molar-refractivity contribution in [2.24, 2.45) is 0 Å². The lowest BCUT2D eigenvalue weighted by Crippen LogP contribution is -2.50. The Labute approximate surface area is 164 Å². The third-order valence-corrected chi connectivity index (χ3v) is 4.60. The molecule has 0 aliphatic carbocycles. The summed E-state index contributed by atoms with van der Waals surface area (Å²) in [7, 11) is 0. The van der Waals surface area contributed by atoms with Gasteiger partial charge in [-0.3, -0.25) is 14.9 Å². The maximum Gasteiger partial charge on any atom is 0.416 e. The Morgan fingerprint density at radius 2 is 1.66 bits per heavy atom. The number of rotatable bonds is 5. The first-order valence-electron chi connectivity index (χ1n) is 8.82. The molecule has 1 amide bonds. The lowest BCUT2D eigenvalue weighted by atomic mass is 10.2. The molecule has 1 aliphatic rings. The molecular weight excluding hydrogens is 391 g/mol. The molecule has 0 atom stereocenters. The van der Waals surface area contributed by atoms with Crippen molar-refractivity contribution in [1.29, 1.82) is 0 Å². The van der Waals surface area contributed by atoms with Crippen LogP contribution < -0.4 is 9.64 Å². The quantitative estimate of drug-likeness (QED) is 0.559. The number of hydrogen-bond donors (Lipinski definition) is 0. The predicted molar refractivity (Wildman–Crippen MR) is 98.8 cm³/mol. The number of hydrogen-bond acceptors (Lipinski definition) is 5. The van der Waals surface area contributed by atoms with Crippen molar-refractivity contribution >= 4 is 17.3 Å². The number of ether oxygens (including phenoxy) is 1. The van der Waals surface area contributed by atoms with Gasteiger partial charge in [-0.15, -0.1) is 0 Å². The van der Waals surface area contributed by atoms with E-state index in [0.717, 1.165) is 12.1 Å². The second kappa shape index (κ2) is 8.38. The van der Waals surface area contributed by atoms with Gasteiger partial charge in [0.2, 0.25) is 0 Å². The number of nitrogens with zero attached hydrogens (tertiary/aromatic N) is 3. The summed E-state index contributed by atoms with van der Waals surface area (Å²) in [5.74, 6) is -0.128. The lowest BCUT2D eigenvalue weighted by Gasteiger charge is -2.35. The molecule has 0 saturated carbocycles. The molecule has 2 aromatic carbocycles. The fourth-order valence-corrected chi connectivity index (χ4v) is 3.06. The summed E-state index contributed by atoms with van der Waals surface area (Å²) in [5.41, 5.74) is -0.272. The molecule has 154 valence electrons. The van der Waals surface area contributed by atoms with Gasteiger partial charge in [0.15, 0.2) is 6.61 Å². The van der Waals surface area contributed by atoms with Crippen LogP contribution in [0.25, 0.3) is 0 Å². The summed E-state index contributed by atoms with van der Waals surface area (Å²) in [4.78, 5) is 26.4. The molecule has 3 rings (SSSR count). The molecule has 0 unspecified atom stereocenters. The van der Waals surface area contributed by atoms with E-state index in [9.17, 15) is 28.1 Å². The van der Waals surface area contributed by atoms with Crippen LogP contribution >= 0.6 is 0 Å². The third-order valence-electron chi connectivity index (χ3n) is 4.60. The van der Waals surface area contributed by atoms with E-state index in [1.807, 2.05) is 4.90 Å². The van der Waals surface area contributed by atoms with Crippen LogP contribution in [-0.4, -0.2) is 48.5 Å². The van der Waals surface area contributed by atoms with Crippen LogP contribution in [0.1, 0.15) is 5.56 Å². The molecule has 29 heavy (non-hydrogen) atoms. The van der Waals surface area contributed by atoms with Crippen molar-refractivity contribution < 1.29 is 27.6 Å². The van der Waals surface area contributed by atoms with Gasteiger partial charge >= 0.3 is 6.18 Å². The fourth-order valence-electron chi connectivity index (χ4n) is 3.06. The number of nitro benzene ring substituents is 1. The van der Waals surface area contributed by atoms with Gasteiger partial charge in [-0.2, -0.15) is 13.2 Å². The van der Waals surface area contributed by atoms with Crippen LogP contribution in [0.3, 0.4) is 0 Å². The summed E-state index contributed by atoms with van der Waals surface area (Å²) in [5, 5.41) is 11.2.